The molecule has 32 heavy (non-hydrogen) atoms. The highest BCUT2D eigenvalue weighted by atomic mass is 32.2. The molecule has 1 saturated heterocycles. The van der Waals surface area contributed by atoms with E-state index in [0.717, 1.165) is 22.4 Å². The molecule has 4 rings (SSSR count). The highest BCUT2D eigenvalue weighted by Gasteiger charge is 2.30. The number of aromatic nitrogens is 1. The summed E-state index contributed by atoms with van der Waals surface area (Å²) in [6.45, 7) is 10.4. The van der Waals surface area contributed by atoms with Crippen LogP contribution in [0.2, 0.25) is 0 Å². The number of piperazine rings is 1. The number of nitrogens with zero attached hydrogens (tertiary/aromatic N) is 3. The minimum Gasteiger partial charge on any atom is -0.345 e. The largest absolute Gasteiger partial charge is 0.345 e. The van der Waals surface area contributed by atoms with Crippen LogP contribution in [-0.2, 0) is 10.0 Å². The summed E-state index contributed by atoms with van der Waals surface area (Å²) in [5.74, 6) is 0.132. The van der Waals surface area contributed by atoms with Crippen molar-refractivity contribution in [3.63, 3.8) is 0 Å². The van der Waals surface area contributed by atoms with Gasteiger partial charge in [-0.3, -0.25) is 9.69 Å². The van der Waals surface area contributed by atoms with Crippen LogP contribution in [0, 0.1) is 27.7 Å². The van der Waals surface area contributed by atoms with Crippen molar-refractivity contribution in [2.24, 2.45) is 0 Å². The lowest BCUT2D eigenvalue weighted by Gasteiger charge is -2.33. The Hall–Kier alpha value is -1.96. The number of benzene rings is 1. The van der Waals surface area contributed by atoms with Crippen LogP contribution in [0.15, 0.2) is 29.2 Å². The number of hydrogen-bond donors (Lipinski definition) is 0. The van der Waals surface area contributed by atoms with E-state index in [1.807, 2.05) is 26.0 Å². The molecule has 2 aliphatic rings. The van der Waals surface area contributed by atoms with Crippen molar-refractivity contribution in [3.05, 3.63) is 52.3 Å². The summed E-state index contributed by atoms with van der Waals surface area (Å²) in [4.78, 5) is 15.5. The molecule has 1 aromatic carbocycles. The second-order valence-corrected chi connectivity index (χ2v) is 11.4. The Morgan fingerprint density at radius 3 is 2.22 bits per heavy atom. The number of ketones is 1. The maximum atomic E-state index is 13.1. The first kappa shape index (κ1) is 23.2. The van der Waals surface area contributed by atoms with Crippen LogP contribution in [0.3, 0.4) is 0 Å². The number of aryl methyl sites for hydroxylation is 3. The zero-order valence-corrected chi connectivity index (χ0v) is 20.5. The van der Waals surface area contributed by atoms with Crippen LogP contribution in [0.1, 0.15) is 64.6 Å². The average Bonchev–Trinajstić information content (AvgIpc) is 3.38. The summed E-state index contributed by atoms with van der Waals surface area (Å²) in [5, 5.41) is 0. The molecular formula is C25H35N3O3S. The van der Waals surface area contributed by atoms with E-state index >= 15 is 0 Å². The molecule has 2 fully saturated rings. The van der Waals surface area contributed by atoms with Gasteiger partial charge in [0.05, 0.1) is 11.4 Å². The molecule has 0 spiro atoms. The summed E-state index contributed by atoms with van der Waals surface area (Å²) >= 11 is 0. The fourth-order valence-electron chi connectivity index (χ4n) is 5.22. The molecule has 0 bridgehead atoms. The third-order valence-electron chi connectivity index (χ3n) is 7.29. The molecule has 1 aliphatic carbocycles. The van der Waals surface area contributed by atoms with Crippen molar-refractivity contribution >= 4 is 15.8 Å². The number of Topliss-reactive ketones (excluding diaryl/α,β-unsaturated/α-hetero) is 1. The summed E-state index contributed by atoms with van der Waals surface area (Å²) in [6.07, 6.45) is 4.92. The first-order chi connectivity index (χ1) is 15.2. The number of sulfonamides is 1. The molecule has 0 amide bonds. The second-order valence-electron chi connectivity index (χ2n) is 9.44. The van der Waals surface area contributed by atoms with Gasteiger partial charge in [-0.25, -0.2) is 8.42 Å². The Morgan fingerprint density at radius 2 is 1.59 bits per heavy atom. The van der Waals surface area contributed by atoms with Gasteiger partial charge in [-0.2, -0.15) is 4.31 Å². The maximum absolute atomic E-state index is 13.1. The molecule has 174 valence electrons. The molecule has 1 aromatic heterocycles. The van der Waals surface area contributed by atoms with Gasteiger partial charge in [0.2, 0.25) is 10.0 Å². The van der Waals surface area contributed by atoms with E-state index in [-0.39, 0.29) is 5.78 Å². The van der Waals surface area contributed by atoms with E-state index in [1.54, 1.807) is 16.4 Å². The summed E-state index contributed by atoms with van der Waals surface area (Å²) in [5.41, 5.74) is 5.13. The fraction of sp³-hybridized carbons (Fsp3) is 0.560. The van der Waals surface area contributed by atoms with Crippen molar-refractivity contribution in [2.75, 3.05) is 32.7 Å². The zero-order chi connectivity index (χ0) is 23.0. The molecule has 1 aliphatic heterocycles. The summed E-state index contributed by atoms with van der Waals surface area (Å²) < 4.78 is 30.0. The van der Waals surface area contributed by atoms with Crippen molar-refractivity contribution in [2.45, 2.75) is 64.3 Å². The third kappa shape index (κ3) is 4.43. The van der Waals surface area contributed by atoms with Crippen molar-refractivity contribution in [1.82, 2.24) is 13.8 Å². The molecular weight excluding hydrogens is 422 g/mol. The van der Waals surface area contributed by atoms with E-state index in [1.165, 1.54) is 31.4 Å². The first-order valence-corrected chi connectivity index (χ1v) is 13.1. The normalized spacial score (nSPS) is 19.0. The Balaban J connectivity index is 1.39. The number of carbonyl (C=O) groups is 1. The highest BCUT2D eigenvalue weighted by molar-refractivity contribution is 7.89. The van der Waals surface area contributed by atoms with Gasteiger partial charge in [-0.05, 0) is 69.9 Å². The molecule has 0 N–H and O–H groups in total. The van der Waals surface area contributed by atoms with Crippen LogP contribution in [0.4, 0.5) is 0 Å². The van der Waals surface area contributed by atoms with E-state index < -0.39 is 10.0 Å². The van der Waals surface area contributed by atoms with E-state index in [4.69, 9.17) is 0 Å². The van der Waals surface area contributed by atoms with Gasteiger partial charge in [0.15, 0.2) is 5.78 Å². The van der Waals surface area contributed by atoms with Gasteiger partial charge < -0.3 is 4.57 Å². The Bertz CT molecular complexity index is 1110. The lowest BCUT2D eigenvalue weighted by atomic mass is 10.1. The van der Waals surface area contributed by atoms with Gasteiger partial charge in [0.1, 0.15) is 0 Å². The second kappa shape index (κ2) is 9.12. The molecule has 0 unspecified atom stereocenters. The summed E-state index contributed by atoms with van der Waals surface area (Å²) in [6, 6.07) is 7.86. The van der Waals surface area contributed by atoms with E-state index in [9.17, 15) is 13.2 Å². The molecule has 2 aromatic rings. The number of rotatable bonds is 6. The minimum atomic E-state index is -3.51. The Morgan fingerprint density at radius 1 is 0.938 bits per heavy atom. The fourth-order valence-corrected chi connectivity index (χ4v) is 6.73. The van der Waals surface area contributed by atoms with E-state index in [0.29, 0.717) is 43.7 Å². The smallest absolute Gasteiger partial charge is 0.243 e. The van der Waals surface area contributed by atoms with Crippen LogP contribution in [-0.4, -0.2) is 60.7 Å². The predicted molar refractivity (Wildman–Crippen MR) is 127 cm³/mol. The maximum Gasteiger partial charge on any atom is 0.243 e. The quantitative estimate of drug-likeness (QED) is 0.615. The van der Waals surface area contributed by atoms with Crippen molar-refractivity contribution in [1.29, 1.82) is 0 Å². The standard InChI is InChI=1S/C25H35N3O3S/c1-18-9-10-23(15-19(18)2)32(30,31)27-13-11-26(12-14-27)17-25(29)24-16-20(3)28(21(24)4)22-7-5-6-8-22/h9-10,15-16,22H,5-8,11-14,17H2,1-4H3. The van der Waals surface area contributed by atoms with Crippen LogP contribution in [0.5, 0.6) is 0 Å². The van der Waals surface area contributed by atoms with Crippen LogP contribution < -0.4 is 0 Å². The number of hydrogen-bond acceptors (Lipinski definition) is 4. The highest BCUT2D eigenvalue weighted by Crippen LogP contribution is 2.33. The van der Waals surface area contributed by atoms with Crippen LogP contribution >= 0.6 is 0 Å². The molecule has 1 saturated carbocycles. The number of carbonyl (C=O) groups excluding carboxylic acids is 1. The van der Waals surface area contributed by atoms with E-state index in [2.05, 4.69) is 23.3 Å². The predicted octanol–water partition coefficient (Wildman–Crippen LogP) is 4.03. The van der Waals surface area contributed by atoms with Gasteiger partial charge in [-0.1, -0.05) is 18.9 Å². The van der Waals surface area contributed by atoms with Gasteiger partial charge in [0, 0.05) is 49.2 Å². The van der Waals surface area contributed by atoms with Crippen molar-refractivity contribution < 1.29 is 13.2 Å². The third-order valence-corrected chi connectivity index (χ3v) is 9.18. The lowest BCUT2D eigenvalue weighted by Crippen LogP contribution is -2.49. The van der Waals surface area contributed by atoms with Crippen LogP contribution in [0.25, 0.3) is 0 Å². The van der Waals surface area contributed by atoms with Crippen molar-refractivity contribution in [3.8, 4) is 0 Å². The van der Waals surface area contributed by atoms with Gasteiger partial charge in [-0.15, -0.1) is 0 Å². The molecule has 0 atom stereocenters. The topological polar surface area (TPSA) is 62.6 Å². The molecule has 7 heteroatoms. The molecule has 0 radical (unpaired) electrons. The van der Waals surface area contributed by atoms with Gasteiger partial charge >= 0.3 is 0 Å². The SMILES string of the molecule is Cc1ccc(S(=O)(=O)N2CCN(CC(=O)c3cc(C)n(C4CCCC4)c3C)CC2)cc1C. The minimum absolute atomic E-state index is 0.132. The van der Waals surface area contributed by atoms with Gasteiger partial charge in [0.25, 0.3) is 0 Å². The first-order valence-electron chi connectivity index (χ1n) is 11.7. The molecule has 6 nitrogen and oxygen atoms in total. The Labute approximate surface area is 192 Å². The average molecular weight is 458 g/mol. The molecule has 2 heterocycles. The monoisotopic (exact) mass is 457 g/mol. The zero-order valence-electron chi connectivity index (χ0n) is 19.7. The lowest BCUT2D eigenvalue weighted by molar-refractivity contribution is 0.0901. The summed E-state index contributed by atoms with van der Waals surface area (Å²) in [7, 11) is -3.51. The Kier molecular flexibility index (Phi) is 6.61.